The van der Waals surface area contributed by atoms with Gasteiger partial charge in [-0.25, -0.2) is 8.78 Å². The van der Waals surface area contributed by atoms with Crippen molar-refractivity contribution in [1.82, 2.24) is 4.98 Å². The van der Waals surface area contributed by atoms with Gasteiger partial charge in [0.15, 0.2) is 5.75 Å². The predicted octanol–water partition coefficient (Wildman–Crippen LogP) is 3.43. The Bertz CT molecular complexity index is 479. The molecule has 0 bridgehead atoms. The summed E-state index contributed by atoms with van der Waals surface area (Å²) in [4.78, 5) is 12.1. The van der Waals surface area contributed by atoms with Crippen LogP contribution in [0.3, 0.4) is 0 Å². The number of halogens is 6. The molecule has 0 radical (unpaired) electrons. The molecule has 1 rings (SSSR count). The van der Waals surface area contributed by atoms with Gasteiger partial charge in [-0.3, -0.25) is 0 Å². The Balaban J connectivity index is 3.36. The van der Waals surface area contributed by atoms with E-state index in [1.165, 1.54) is 22.6 Å². The second-order valence-corrected chi connectivity index (χ2v) is 3.94. The first-order valence-corrected chi connectivity index (χ1v) is 5.08. The van der Waals surface area contributed by atoms with E-state index in [0.29, 0.717) is 6.07 Å². The highest BCUT2D eigenvalue weighted by molar-refractivity contribution is 14.1. The molecule has 0 atom stereocenters. The minimum atomic E-state index is -5.19. The number of hydrogen-bond donors (Lipinski definition) is 0. The largest absolute Gasteiger partial charge is 0.573 e. The van der Waals surface area contributed by atoms with Crippen molar-refractivity contribution in [1.29, 1.82) is 0 Å². The Morgan fingerprint density at radius 1 is 1.44 bits per heavy atom. The second-order valence-electron chi connectivity index (χ2n) is 2.78. The average molecular weight is 384 g/mol. The number of nitro groups is 1. The molecule has 5 nitrogen and oxygen atoms in total. The highest BCUT2D eigenvalue weighted by Crippen LogP contribution is 2.37. The van der Waals surface area contributed by atoms with Crippen LogP contribution in [-0.2, 0) is 0 Å². The highest BCUT2D eigenvalue weighted by atomic mass is 127. The van der Waals surface area contributed by atoms with Crippen LogP contribution < -0.4 is 4.74 Å². The van der Waals surface area contributed by atoms with Crippen LogP contribution >= 0.6 is 22.6 Å². The van der Waals surface area contributed by atoms with Gasteiger partial charge in [0.2, 0.25) is 0 Å². The van der Waals surface area contributed by atoms with E-state index in [4.69, 9.17) is 0 Å². The maximum atomic E-state index is 12.5. The molecule has 1 aromatic heterocycles. The molecule has 0 amide bonds. The molecular weight excluding hydrogens is 382 g/mol. The van der Waals surface area contributed by atoms with E-state index in [2.05, 4.69) is 9.72 Å². The minimum absolute atomic E-state index is 0.484. The highest BCUT2D eigenvalue weighted by Gasteiger charge is 2.37. The van der Waals surface area contributed by atoms with Gasteiger partial charge >= 0.3 is 18.6 Å². The van der Waals surface area contributed by atoms with Gasteiger partial charge in [-0.05, 0) is 32.5 Å². The Morgan fingerprint density at radius 3 is 2.39 bits per heavy atom. The second kappa shape index (κ2) is 5.16. The summed E-state index contributed by atoms with van der Waals surface area (Å²) in [5.74, 6) is -2.21. The maximum absolute atomic E-state index is 12.5. The van der Waals surface area contributed by atoms with E-state index in [1.807, 2.05) is 0 Å². The van der Waals surface area contributed by atoms with Crippen molar-refractivity contribution in [3.8, 4) is 5.75 Å². The summed E-state index contributed by atoms with van der Waals surface area (Å²) < 4.78 is 63.9. The lowest BCUT2D eigenvalue weighted by molar-refractivity contribution is -0.389. The molecule has 11 heteroatoms. The standard InChI is InChI=1S/C7H2F5IN2O3/c8-6(9)4-5(18-7(10,11)12)2(13)1-3(14-4)15(16)17/h1,6H. The molecule has 0 unspecified atom stereocenters. The van der Waals surface area contributed by atoms with E-state index in [0.717, 1.165) is 0 Å². The number of alkyl halides is 5. The Hall–Kier alpha value is -1.27. The van der Waals surface area contributed by atoms with Crippen molar-refractivity contribution < 1.29 is 31.6 Å². The smallest absolute Gasteiger partial charge is 0.400 e. The first-order chi connectivity index (χ1) is 8.11. The SMILES string of the molecule is O=[N+]([O-])c1cc(I)c(OC(F)(F)F)c(C(F)F)n1. The zero-order valence-corrected chi connectivity index (χ0v) is 10.2. The monoisotopic (exact) mass is 384 g/mol. The summed E-state index contributed by atoms with van der Waals surface area (Å²) in [6, 6.07) is 0.605. The molecule has 0 N–H and O–H groups in total. The normalized spacial score (nSPS) is 11.7. The number of rotatable bonds is 3. The molecule has 1 aromatic rings. The molecule has 18 heavy (non-hydrogen) atoms. The molecule has 100 valence electrons. The lowest BCUT2D eigenvalue weighted by atomic mass is 10.3. The van der Waals surface area contributed by atoms with E-state index in [9.17, 15) is 32.1 Å². The van der Waals surface area contributed by atoms with Gasteiger partial charge in [0.05, 0.1) is 9.64 Å². The molecule has 0 aliphatic rings. The fraction of sp³-hybridized carbons (Fsp3) is 0.286. The fourth-order valence-electron chi connectivity index (χ4n) is 0.966. The fourth-order valence-corrected chi connectivity index (χ4v) is 1.63. The Morgan fingerprint density at radius 2 is 2.00 bits per heavy atom. The van der Waals surface area contributed by atoms with Crippen molar-refractivity contribution in [3.63, 3.8) is 0 Å². The molecular formula is C7H2F5IN2O3. The van der Waals surface area contributed by atoms with E-state index < -0.39 is 38.5 Å². The third kappa shape index (κ3) is 3.61. The number of ether oxygens (including phenoxy) is 1. The summed E-state index contributed by atoms with van der Waals surface area (Å²) in [6.45, 7) is 0. The number of nitrogens with zero attached hydrogens (tertiary/aromatic N) is 2. The summed E-state index contributed by atoms with van der Waals surface area (Å²) in [5, 5.41) is 10.4. The predicted molar refractivity (Wildman–Crippen MR) is 55.2 cm³/mol. The maximum Gasteiger partial charge on any atom is 0.573 e. The zero-order valence-electron chi connectivity index (χ0n) is 8.04. The third-order valence-corrected chi connectivity index (χ3v) is 2.35. The van der Waals surface area contributed by atoms with Crippen LogP contribution in [0.2, 0.25) is 0 Å². The van der Waals surface area contributed by atoms with Crippen molar-refractivity contribution in [2.45, 2.75) is 12.8 Å². The molecule has 0 saturated carbocycles. The lowest BCUT2D eigenvalue weighted by Gasteiger charge is -2.11. The van der Waals surface area contributed by atoms with E-state index in [-0.39, 0.29) is 0 Å². The Kier molecular flexibility index (Phi) is 4.24. The summed E-state index contributed by atoms with van der Waals surface area (Å²) >= 11 is 1.22. The molecule has 0 spiro atoms. The van der Waals surface area contributed by atoms with Gasteiger partial charge < -0.3 is 14.9 Å². The molecule has 1 heterocycles. The van der Waals surface area contributed by atoms with Crippen molar-refractivity contribution >= 4 is 28.4 Å². The van der Waals surface area contributed by atoms with Gasteiger partial charge in [0.1, 0.15) is 0 Å². The first-order valence-electron chi connectivity index (χ1n) is 4.00. The lowest BCUT2D eigenvalue weighted by Crippen LogP contribution is -2.19. The van der Waals surface area contributed by atoms with Crippen LogP contribution in [-0.4, -0.2) is 16.3 Å². The van der Waals surface area contributed by atoms with Crippen LogP contribution in [0.1, 0.15) is 12.1 Å². The van der Waals surface area contributed by atoms with Crippen LogP contribution in [0.25, 0.3) is 0 Å². The van der Waals surface area contributed by atoms with Crippen LogP contribution in [0.4, 0.5) is 27.8 Å². The van der Waals surface area contributed by atoms with Gasteiger partial charge in [0, 0.05) is 0 Å². The van der Waals surface area contributed by atoms with Gasteiger partial charge in [-0.1, -0.05) is 0 Å². The molecule has 0 saturated heterocycles. The van der Waals surface area contributed by atoms with Crippen LogP contribution in [0, 0.1) is 13.7 Å². The quantitative estimate of drug-likeness (QED) is 0.347. The van der Waals surface area contributed by atoms with Crippen LogP contribution in [0.5, 0.6) is 5.75 Å². The van der Waals surface area contributed by atoms with Crippen molar-refractivity contribution in [2.75, 3.05) is 0 Å². The molecule has 0 aromatic carbocycles. The van der Waals surface area contributed by atoms with E-state index >= 15 is 0 Å². The third-order valence-electron chi connectivity index (χ3n) is 1.55. The molecule has 0 aliphatic heterocycles. The average Bonchev–Trinajstić information content (AvgIpc) is 2.18. The van der Waals surface area contributed by atoms with Gasteiger partial charge in [-0.15, -0.1) is 13.2 Å². The number of hydrogen-bond acceptors (Lipinski definition) is 4. The number of pyridine rings is 1. The zero-order chi connectivity index (χ0) is 14.1. The van der Waals surface area contributed by atoms with Gasteiger partial charge in [-0.2, -0.15) is 0 Å². The summed E-state index contributed by atoms with van der Waals surface area (Å²) in [5.41, 5.74) is -1.43. The topological polar surface area (TPSA) is 65.3 Å². The first kappa shape index (κ1) is 14.8. The molecule has 0 aliphatic carbocycles. The minimum Gasteiger partial charge on any atom is -0.400 e. The van der Waals surface area contributed by atoms with Crippen molar-refractivity contribution in [3.05, 3.63) is 25.4 Å². The molecule has 0 fully saturated rings. The van der Waals surface area contributed by atoms with Crippen molar-refractivity contribution in [2.24, 2.45) is 0 Å². The number of aromatic nitrogens is 1. The summed E-state index contributed by atoms with van der Waals surface area (Å²) in [6.07, 6.45) is -8.63. The summed E-state index contributed by atoms with van der Waals surface area (Å²) in [7, 11) is 0. The Labute approximate surface area is 109 Å². The van der Waals surface area contributed by atoms with E-state index in [1.54, 1.807) is 0 Å². The van der Waals surface area contributed by atoms with Gasteiger partial charge in [0.25, 0.3) is 5.69 Å². The van der Waals surface area contributed by atoms with Crippen LogP contribution in [0.15, 0.2) is 6.07 Å².